The molecule has 0 radical (unpaired) electrons. The summed E-state index contributed by atoms with van der Waals surface area (Å²) in [5.74, 6) is 0. The molecule has 0 spiro atoms. The Morgan fingerprint density at radius 3 is 2.61 bits per heavy atom. The summed E-state index contributed by atoms with van der Waals surface area (Å²) >= 11 is 0. The number of benzene rings is 1. The van der Waals surface area contributed by atoms with Gasteiger partial charge in [-0.25, -0.2) is 9.59 Å². The van der Waals surface area contributed by atoms with E-state index < -0.39 is 5.60 Å². The van der Waals surface area contributed by atoms with E-state index in [1.165, 1.54) is 0 Å². The number of pyridine rings is 1. The number of urea groups is 1. The van der Waals surface area contributed by atoms with Crippen molar-refractivity contribution < 1.29 is 14.3 Å². The number of amides is 3. The van der Waals surface area contributed by atoms with Crippen molar-refractivity contribution in [3.63, 3.8) is 0 Å². The van der Waals surface area contributed by atoms with Gasteiger partial charge in [0.05, 0.1) is 11.2 Å². The van der Waals surface area contributed by atoms with Crippen LogP contribution in [0.4, 0.5) is 15.3 Å². The molecular formula is C23H33N5O3. The quantitative estimate of drug-likeness (QED) is 0.677. The molecule has 1 aromatic carbocycles. The molecule has 1 aliphatic rings. The molecule has 1 aromatic heterocycles. The molecule has 3 amide bonds. The third kappa shape index (κ3) is 7.10. The van der Waals surface area contributed by atoms with Gasteiger partial charge in [0, 0.05) is 43.3 Å². The minimum absolute atomic E-state index is 0.130. The molecule has 2 heterocycles. The van der Waals surface area contributed by atoms with Gasteiger partial charge in [-0.3, -0.25) is 4.98 Å². The minimum atomic E-state index is -0.488. The lowest BCUT2D eigenvalue weighted by Gasteiger charge is -2.32. The molecule has 1 aliphatic heterocycles. The van der Waals surface area contributed by atoms with E-state index in [0.29, 0.717) is 6.54 Å². The molecule has 0 aliphatic carbocycles. The Morgan fingerprint density at radius 2 is 1.90 bits per heavy atom. The number of piperidine rings is 1. The first-order chi connectivity index (χ1) is 14.7. The first-order valence-corrected chi connectivity index (χ1v) is 10.8. The first-order valence-electron chi connectivity index (χ1n) is 10.8. The molecule has 0 bridgehead atoms. The maximum Gasteiger partial charge on any atom is 0.407 e. The highest BCUT2D eigenvalue weighted by Crippen LogP contribution is 2.22. The predicted molar refractivity (Wildman–Crippen MR) is 122 cm³/mol. The van der Waals surface area contributed by atoms with Gasteiger partial charge in [-0.05, 0) is 52.7 Å². The van der Waals surface area contributed by atoms with E-state index in [0.717, 1.165) is 54.8 Å². The number of aryl methyl sites for hydroxylation is 1. The standard InChI is InChI=1S/C23H33N5O3/c1-16-15-20(18-7-5-6-8-19(18)25-16)27-21(29)24-11-14-28-12-9-17(10-13-28)26-22(30)31-23(2,3)4/h5-8,15,17H,9-14H2,1-4H3,(H,26,30)(H2,24,25,27,29). The molecule has 168 valence electrons. The number of carbonyl (C=O) groups excluding carboxylic acids is 2. The lowest BCUT2D eigenvalue weighted by atomic mass is 10.1. The topological polar surface area (TPSA) is 95.6 Å². The molecule has 8 heteroatoms. The van der Waals surface area contributed by atoms with Gasteiger partial charge in [0.15, 0.2) is 0 Å². The van der Waals surface area contributed by atoms with E-state index in [4.69, 9.17) is 4.74 Å². The van der Waals surface area contributed by atoms with Crippen LogP contribution in [0.25, 0.3) is 10.9 Å². The van der Waals surface area contributed by atoms with Crippen LogP contribution in [0.1, 0.15) is 39.3 Å². The van der Waals surface area contributed by atoms with Gasteiger partial charge in [0.2, 0.25) is 0 Å². The van der Waals surface area contributed by atoms with E-state index in [9.17, 15) is 9.59 Å². The number of nitrogens with one attached hydrogen (secondary N) is 3. The van der Waals surface area contributed by atoms with E-state index in [-0.39, 0.29) is 18.2 Å². The lowest BCUT2D eigenvalue weighted by molar-refractivity contribution is 0.0479. The van der Waals surface area contributed by atoms with Crippen LogP contribution >= 0.6 is 0 Å². The maximum atomic E-state index is 12.4. The molecule has 0 atom stereocenters. The van der Waals surface area contributed by atoms with Crippen molar-refractivity contribution in [3.05, 3.63) is 36.0 Å². The number of carbonyl (C=O) groups is 2. The predicted octanol–water partition coefficient (Wildman–Crippen LogP) is 3.65. The summed E-state index contributed by atoms with van der Waals surface area (Å²) in [5, 5.41) is 9.73. The molecule has 3 rings (SSSR count). The second-order valence-electron chi connectivity index (χ2n) is 8.97. The fraction of sp³-hybridized carbons (Fsp3) is 0.522. The van der Waals surface area contributed by atoms with Gasteiger partial charge in [0.25, 0.3) is 0 Å². The SMILES string of the molecule is Cc1cc(NC(=O)NCCN2CCC(NC(=O)OC(C)(C)C)CC2)c2ccccc2n1. The smallest absolute Gasteiger partial charge is 0.407 e. The van der Waals surface area contributed by atoms with Crippen LogP contribution in [0.5, 0.6) is 0 Å². The number of aromatic nitrogens is 1. The third-order valence-electron chi connectivity index (χ3n) is 5.11. The molecule has 31 heavy (non-hydrogen) atoms. The number of para-hydroxylation sites is 1. The van der Waals surface area contributed by atoms with Crippen LogP contribution in [-0.4, -0.2) is 59.8 Å². The Labute approximate surface area is 183 Å². The van der Waals surface area contributed by atoms with Crippen molar-refractivity contribution in [1.82, 2.24) is 20.5 Å². The van der Waals surface area contributed by atoms with Crippen LogP contribution in [0.3, 0.4) is 0 Å². The van der Waals surface area contributed by atoms with Gasteiger partial charge in [0.1, 0.15) is 5.60 Å². The van der Waals surface area contributed by atoms with Crippen molar-refractivity contribution in [1.29, 1.82) is 0 Å². The summed E-state index contributed by atoms with van der Waals surface area (Å²) in [6, 6.07) is 9.54. The number of ether oxygens (including phenoxy) is 1. The second kappa shape index (κ2) is 9.96. The molecule has 1 fully saturated rings. The molecule has 8 nitrogen and oxygen atoms in total. The van der Waals surface area contributed by atoms with E-state index in [1.54, 1.807) is 0 Å². The highest BCUT2D eigenvalue weighted by atomic mass is 16.6. The summed E-state index contributed by atoms with van der Waals surface area (Å²) in [5.41, 5.74) is 1.99. The Balaban J connectivity index is 1.39. The fourth-order valence-corrected chi connectivity index (χ4v) is 3.68. The van der Waals surface area contributed by atoms with E-state index in [2.05, 4.69) is 25.8 Å². The van der Waals surface area contributed by atoms with Crippen LogP contribution in [0.15, 0.2) is 30.3 Å². The monoisotopic (exact) mass is 427 g/mol. The Bertz CT molecular complexity index is 917. The summed E-state index contributed by atoms with van der Waals surface area (Å²) in [4.78, 5) is 31.1. The van der Waals surface area contributed by atoms with E-state index in [1.807, 2.05) is 58.0 Å². The van der Waals surface area contributed by atoms with Gasteiger partial charge >= 0.3 is 12.1 Å². The van der Waals surface area contributed by atoms with Crippen molar-refractivity contribution in [2.75, 3.05) is 31.5 Å². The largest absolute Gasteiger partial charge is 0.444 e. The zero-order valence-electron chi connectivity index (χ0n) is 18.8. The zero-order chi connectivity index (χ0) is 22.4. The normalized spacial score (nSPS) is 15.5. The molecule has 0 unspecified atom stereocenters. The minimum Gasteiger partial charge on any atom is -0.444 e. The molecule has 1 saturated heterocycles. The Kier molecular flexibility index (Phi) is 7.33. The third-order valence-corrected chi connectivity index (χ3v) is 5.11. The Morgan fingerprint density at radius 1 is 1.19 bits per heavy atom. The van der Waals surface area contributed by atoms with Gasteiger partial charge in [-0.15, -0.1) is 0 Å². The van der Waals surface area contributed by atoms with Gasteiger partial charge < -0.3 is 25.6 Å². The van der Waals surface area contributed by atoms with Crippen molar-refractivity contribution in [2.24, 2.45) is 0 Å². The highest BCUT2D eigenvalue weighted by Gasteiger charge is 2.23. The van der Waals surface area contributed by atoms with Crippen LogP contribution in [-0.2, 0) is 4.74 Å². The lowest BCUT2D eigenvalue weighted by Crippen LogP contribution is -2.47. The fourth-order valence-electron chi connectivity index (χ4n) is 3.68. The van der Waals surface area contributed by atoms with Crippen LogP contribution < -0.4 is 16.0 Å². The average Bonchev–Trinajstić information content (AvgIpc) is 2.67. The van der Waals surface area contributed by atoms with Crippen LogP contribution in [0.2, 0.25) is 0 Å². The van der Waals surface area contributed by atoms with Crippen molar-refractivity contribution in [2.45, 2.75) is 52.2 Å². The summed E-state index contributed by atoms with van der Waals surface area (Å²) in [6.07, 6.45) is 1.38. The number of fused-ring (bicyclic) bond motifs is 1. The number of nitrogens with zero attached hydrogens (tertiary/aromatic N) is 2. The summed E-state index contributed by atoms with van der Waals surface area (Å²) in [6.45, 7) is 10.6. The number of alkyl carbamates (subject to hydrolysis) is 1. The maximum absolute atomic E-state index is 12.4. The number of rotatable bonds is 5. The summed E-state index contributed by atoms with van der Waals surface area (Å²) in [7, 11) is 0. The number of hydrogen-bond acceptors (Lipinski definition) is 5. The average molecular weight is 428 g/mol. The first kappa shape index (κ1) is 22.8. The molecule has 3 N–H and O–H groups in total. The van der Waals surface area contributed by atoms with Crippen molar-refractivity contribution in [3.8, 4) is 0 Å². The molecule has 0 saturated carbocycles. The molecular weight excluding hydrogens is 394 g/mol. The number of anilines is 1. The van der Waals surface area contributed by atoms with Gasteiger partial charge in [-0.2, -0.15) is 0 Å². The zero-order valence-corrected chi connectivity index (χ0v) is 18.8. The van der Waals surface area contributed by atoms with E-state index >= 15 is 0 Å². The second-order valence-corrected chi connectivity index (χ2v) is 8.97. The Hall–Kier alpha value is -2.87. The highest BCUT2D eigenvalue weighted by molar-refractivity contribution is 6.00. The number of likely N-dealkylation sites (tertiary alicyclic amines) is 1. The summed E-state index contributed by atoms with van der Waals surface area (Å²) < 4.78 is 5.32. The number of hydrogen-bond donors (Lipinski definition) is 3. The molecule has 2 aromatic rings. The van der Waals surface area contributed by atoms with Crippen molar-refractivity contribution >= 4 is 28.7 Å². The van der Waals surface area contributed by atoms with Crippen LogP contribution in [0, 0.1) is 6.92 Å². The van der Waals surface area contributed by atoms with Gasteiger partial charge in [-0.1, -0.05) is 18.2 Å².